The summed E-state index contributed by atoms with van der Waals surface area (Å²) in [6, 6.07) is 9.56. The van der Waals surface area contributed by atoms with Crippen molar-refractivity contribution in [3.05, 3.63) is 35.9 Å². The molecule has 2 heteroatoms. The molecule has 1 aromatic carbocycles. The molecule has 0 saturated heterocycles. The molecule has 0 saturated carbocycles. The predicted molar refractivity (Wildman–Crippen MR) is 47.5 cm³/mol. The average Bonchev–Trinajstić information content (AvgIpc) is 2.05. The molecule has 1 atom stereocenters. The van der Waals surface area contributed by atoms with E-state index in [1.54, 1.807) is 0 Å². The molecule has 11 heavy (non-hydrogen) atoms. The third kappa shape index (κ3) is 2.02. The molecule has 0 bridgehead atoms. The highest BCUT2D eigenvalue weighted by molar-refractivity contribution is 7.96. The van der Waals surface area contributed by atoms with Gasteiger partial charge in [-0.25, -0.2) is 0 Å². The van der Waals surface area contributed by atoms with Crippen LogP contribution in [0.1, 0.15) is 18.4 Å². The van der Waals surface area contributed by atoms with Crippen molar-refractivity contribution in [1.29, 1.82) is 0 Å². The number of carbonyl (C=O) groups is 1. The minimum Gasteiger partial charge on any atom is -0.281 e. The largest absolute Gasteiger partial charge is 0.281 e. The van der Waals surface area contributed by atoms with Gasteiger partial charge in [0.15, 0.2) is 0 Å². The molecular weight excluding hydrogens is 156 g/mol. The minimum absolute atomic E-state index is 0.147. The van der Waals surface area contributed by atoms with E-state index in [4.69, 9.17) is 0 Å². The number of rotatable bonds is 2. The molecule has 57 valence electrons. The van der Waals surface area contributed by atoms with Crippen LogP contribution in [0.2, 0.25) is 0 Å². The third-order valence-corrected chi connectivity index (χ3v) is 2.01. The van der Waals surface area contributed by atoms with Crippen molar-refractivity contribution >= 4 is 17.7 Å². The van der Waals surface area contributed by atoms with Crippen molar-refractivity contribution < 1.29 is 4.79 Å². The van der Waals surface area contributed by atoms with Crippen LogP contribution in [-0.2, 0) is 4.79 Å². The molecule has 1 rings (SSSR count). The van der Waals surface area contributed by atoms with Gasteiger partial charge in [0.2, 0.25) is 5.12 Å². The van der Waals surface area contributed by atoms with Gasteiger partial charge in [-0.1, -0.05) is 37.3 Å². The Bertz CT molecular complexity index is 243. The average molecular weight is 165 g/mol. The topological polar surface area (TPSA) is 17.1 Å². The Morgan fingerprint density at radius 2 is 1.91 bits per heavy atom. The second kappa shape index (κ2) is 3.49. The van der Waals surface area contributed by atoms with Crippen LogP contribution in [0.4, 0.5) is 0 Å². The minimum atomic E-state index is -0.198. The highest BCUT2D eigenvalue weighted by Crippen LogP contribution is 2.16. The molecule has 0 heterocycles. The first-order valence-electron chi connectivity index (χ1n) is 3.47. The van der Waals surface area contributed by atoms with E-state index < -0.39 is 0 Å². The fraction of sp³-hybridized carbons (Fsp3) is 0.222. The van der Waals surface area contributed by atoms with Crippen LogP contribution in [0.3, 0.4) is 0 Å². The summed E-state index contributed by atoms with van der Waals surface area (Å²) >= 11 is 4.54. The van der Waals surface area contributed by atoms with Crippen molar-refractivity contribution in [1.82, 2.24) is 0 Å². The summed E-state index contributed by atoms with van der Waals surface area (Å²) in [6.45, 7) is 1.82. The molecule has 1 nitrogen and oxygen atoms in total. The van der Waals surface area contributed by atoms with Crippen LogP contribution >= 0.6 is 12.6 Å². The molecule has 0 aliphatic heterocycles. The molecule has 0 aromatic heterocycles. The lowest BCUT2D eigenvalue weighted by Crippen LogP contribution is -2.00. The fourth-order valence-corrected chi connectivity index (χ4v) is 1.01. The molecule has 0 aliphatic carbocycles. The summed E-state index contributed by atoms with van der Waals surface area (Å²) in [5.74, 6) is -0.147. The van der Waals surface area contributed by atoms with E-state index in [1.807, 2.05) is 37.3 Å². The monoisotopic (exact) mass is 165 g/mol. The Morgan fingerprint density at radius 1 is 1.36 bits per heavy atom. The van der Waals surface area contributed by atoms with E-state index in [0.29, 0.717) is 0 Å². The second-order valence-electron chi connectivity index (χ2n) is 2.45. The molecular formula is C9H9OS. The maximum Gasteiger partial charge on any atom is 0.225 e. The lowest BCUT2D eigenvalue weighted by atomic mass is 10.0. The zero-order valence-corrected chi connectivity index (χ0v) is 7.10. The summed E-state index contributed by atoms with van der Waals surface area (Å²) < 4.78 is 0. The maximum atomic E-state index is 10.8. The molecule has 0 aliphatic rings. The number of benzene rings is 1. The first kappa shape index (κ1) is 8.21. The van der Waals surface area contributed by atoms with Gasteiger partial charge in [-0.3, -0.25) is 4.79 Å². The van der Waals surface area contributed by atoms with Crippen molar-refractivity contribution in [2.24, 2.45) is 0 Å². The van der Waals surface area contributed by atoms with Crippen LogP contribution in [0.5, 0.6) is 0 Å². The van der Waals surface area contributed by atoms with Gasteiger partial charge in [-0.05, 0) is 18.2 Å². The first-order chi connectivity index (χ1) is 5.22. The lowest BCUT2D eigenvalue weighted by Gasteiger charge is -2.04. The Hall–Kier alpha value is -0.890. The van der Waals surface area contributed by atoms with E-state index in [-0.39, 0.29) is 11.0 Å². The molecule has 0 N–H and O–H groups in total. The van der Waals surface area contributed by atoms with Gasteiger partial charge in [0.1, 0.15) is 0 Å². The summed E-state index contributed by atoms with van der Waals surface area (Å²) in [5.41, 5.74) is 0.993. The maximum absolute atomic E-state index is 10.8. The van der Waals surface area contributed by atoms with E-state index >= 15 is 0 Å². The van der Waals surface area contributed by atoms with Gasteiger partial charge in [0, 0.05) is 0 Å². The van der Waals surface area contributed by atoms with Crippen molar-refractivity contribution in [3.63, 3.8) is 0 Å². The Morgan fingerprint density at radius 3 is 2.36 bits per heavy atom. The van der Waals surface area contributed by atoms with Crippen LogP contribution < -0.4 is 0 Å². The van der Waals surface area contributed by atoms with Crippen molar-refractivity contribution in [2.45, 2.75) is 12.8 Å². The van der Waals surface area contributed by atoms with Gasteiger partial charge < -0.3 is 0 Å². The standard InChI is InChI=1S/C9H9OS/c1-7(9(10)11)8-5-3-2-4-6-8/h2-7H,1H3. The SMILES string of the molecule is CC(C(=O)[S])c1ccccc1. The Labute approximate surface area is 71.8 Å². The van der Waals surface area contributed by atoms with Gasteiger partial charge in [-0.2, -0.15) is 0 Å². The number of carbonyl (C=O) groups excluding carboxylic acids is 1. The molecule has 0 fully saturated rings. The van der Waals surface area contributed by atoms with Gasteiger partial charge >= 0.3 is 0 Å². The zero-order valence-electron chi connectivity index (χ0n) is 6.28. The second-order valence-corrected chi connectivity index (χ2v) is 2.85. The molecule has 1 aromatic rings. The Balaban J connectivity index is 2.85. The van der Waals surface area contributed by atoms with Crippen LogP contribution in [-0.4, -0.2) is 5.12 Å². The van der Waals surface area contributed by atoms with Crippen LogP contribution in [0, 0.1) is 0 Å². The smallest absolute Gasteiger partial charge is 0.225 e. The highest BCUT2D eigenvalue weighted by Gasteiger charge is 2.10. The van der Waals surface area contributed by atoms with E-state index in [9.17, 15) is 4.79 Å². The van der Waals surface area contributed by atoms with Crippen molar-refractivity contribution in [2.75, 3.05) is 0 Å². The fourth-order valence-electron chi connectivity index (χ4n) is 0.878. The summed E-state index contributed by atoms with van der Waals surface area (Å²) in [6.07, 6.45) is 0. The van der Waals surface area contributed by atoms with Gasteiger partial charge in [-0.15, -0.1) is 0 Å². The predicted octanol–water partition coefficient (Wildman–Crippen LogP) is 2.51. The van der Waals surface area contributed by atoms with Gasteiger partial charge in [0.25, 0.3) is 0 Å². The summed E-state index contributed by atoms with van der Waals surface area (Å²) in [4.78, 5) is 10.8. The molecule has 0 amide bonds. The van der Waals surface area contributed by atoms with Crippen molar-refractivity contribution in [3.8, 4) is 0 Å². The van der Waals surface area contributed by atoms with E-state index in [1.165, 1.54) is 0 Å². The normalized spacial score (nSPS) is 12.5. The molecule has 0 spiro atoms. The highest BCUT2D eigenvalue weighted by atomic mass is 32.1. The van der Waals surface area contributed by atoms with Gasteiger partial charge in [0.05, 0.1) is 5.92 Å². The number of hydrogen-bond donors (Lipinski definition) is 0. The van der Waals surface area contributed by atoms with E-state index in [2.05, 4.69) is 12.6 Å². The zero-order chi connectivity index (χ0) is 8.27. The quantitative estimate of drug-likeness (QED) is 0.658. The molecule has 1 radical (unpaired) electrons. The first-order valence-corrected chi connectivity index (χ1v) is 3.88. The Kier molecular flexibility index (Phi) is 2.60. The molecule has 1 unspecified atom stereocenters. The van der Waals surface area contributed by atoms with E-state index in [0.717, 1.165) is 5.56 Å². The summed E-state index contributed by atoms with van der Waals surface area (Å²) in [5, 5.41) is -0.198. The third-order valence-electron chi connectivity index (χ3n) is 1.65. The number of hydrogen-bond acceptors (Lipinski definition) is 1. The van der Waals surface area contributed by atoms with Crippen LogP contribution in [0.25, 0.3) is 0 Å². The summed E-state index contributed by atoms with van der Waals surface area (Å²) in [7, 11) is 0. The van der Waals surface area contributed by atoms with Crippen LogP contribution in [0.15, 0.2) is 30.3 Å². The lowest BCUT2D eigenvalue weighted by molar-refractivity contribution is -0.111.